The summed E-state index contributed by atoms with van der Waals surface area (Å²) in [7, 11) is 0. The molecular weight excluding hydrogens is 414 g/mol. The summed E-state index contributed by atoms with van der Waals surface area (Å²) >= 11 is 0. The first kappa shape index (κ1) is 22.0. The van der Waals surface area contributed by atoms with Crippen LogP contribution in [0.3, 0.4) is 0 Å². The van der Waals surface area contributed by atoms with Crippen LogP contribution in [0.4, 0.5) is 0 Å². The molecule has 0 bridgehead atoms. The molecule has 1 N–H and O–H groups in total. The van der Waals surface area contributed by atoms with E-state index in [-0.39, 0.29) is 11.9 Å². The van der Waals surface area contributed by atoms with Crippen LogP contribution in [0, 0.1) is 12.8 Å². The minimum absolute atomic E-state index is 0.0159. The van der Waals surface area contributed by atoms with E-state index in [1.165, 1.54) is 24.0 Å². The molecular formula is C27H33N3O3. The Morgan fingerprint density at radius 1 is 1.12 bits per heavy atom. The molecule has 0 saturated carbocycles. The number of nitrogens with zero attached hydrogens (tertiary/aromatic N) is 2. The number of nitrogens with one attached hydrogen (secondary N) is 1. The minimum Gasteiger partial charge on any atom is -0.465 e. The van der Waals surface area contributed by atoms with Gasteiger partial charge in [-0.1, -0.05) is 24.2 Å². The molecule has 0 spiro atoms. The number of rotatable bonds is 6. The van der Waals surface area contributed by atoms with Gasteiger partial charge in [0.25, 0.3) is 5.91 Å². The molecule has 0 unspecified atom stereocenters. The molecule has 6 nitrogen and oxygen atoms in total. The minimum atomic E-state index is -0.221. The monoisotopic (exact) mass is 447 g/mol. The van der Waals surface area contributed by atoms with Gasteiger partial charge in [0, 0.05) is 18.2 Å². The first-order chi connectivity index (χ1) is 16.1. The van der Waals surface area contributed by atoms with Gasteiger partial charge in [-0.3, -0.25) is 9.69 Å². The topological polar surface area (TPSA) is 71.5 Å². The van der Waals surface area contributed by atoms with Crippen molar-refractivity contribution in [3.63, 3.8) is 0 Å². The van der Waals surface area contributed by atoms with Gasteiger partial charge in [0.2, 0.25) is 0 Å². The SMILES string of the molecule is Cc1ccc([C@H](CNC(=O)c2cc(-c3ccc4c(c3)CCCC4)on2)N2CCC(C)CC2)o1. The first-order valence-electron chi connectivity index (χ1n) is 12.2. The molecule has 2 aromatic heterocycles. The third-order valence-electron chi connectivity index (χ3n) is 7.18. The third kappa shape index (κ3) is 4.91. The molecule has 3 aromatic rings. The highest BCUT2D eigenvalue weighted by molar-refractivity contribution is 5.93. The van der Waals surface area contributed by atoms with Crippen LogP contribution in [0.2, 0.25) is 0 Å². The van der Waals surface area contributed by atoms with Crippen molar-refractivity contribution in [2.24, 2.45) is 5.92 Å². The van der Waals surface area contributed by atoms with Crippen molar-refractivity contribution in [1.82, 2.24) is 15.4 Å². The zero-order valence-corrected chi connectivity index (χ0v) is 19.6. The number of amides is 1. The van der Waals surface area contributed by atoms with Gasteiger partial charge in [-0.25, -0.2) is 0 Å². The van der Waals surface area contributed by atoms with E-state index in [0.717, 1.165) is 61.8 Å². The fourth-order valence-electron chi connectivity index (χ4n) is 5.07. The zero-order valence-electron chi connectivity index (χ0n) is 19.6. The Morgan fingerprint density at radius 2 is 1.91 bits per heavy atom. The maximum atomic E-state index is 12.9. The molecule has 1 aliphatic carbocycles. The predicted molar refractivity (Wildman–Crippen MR) is 127 cm³/mol. The van der Waals surface area contributed by atoms with Crippen LogP contribution in [0.1, 0.15) is 71.8 Å². The van der Waals surface area contributed by atoms with E-state index in [0.29, 0.717) is 18.0 Å². The summed E-state index contributed by atoms with van der Waals surface area (Å²) in [5.41, 5.74) is 4.10. The summed E-state index contributed by atoms with van der Waals surface area (Å²) in [6, 6.07) is 12.2. The predicted octanol–water partition coefficient (Wildman–Crippen LogP) is 5.32. The maximum absolute atomic E-state index is 12.9. The maximum Gasteiger partial charge on any atom is 0.273 e. The molecule has 1 atom stereocenters. The lowest BCUT2D eigenvalue weighted by molar-refractivity contribution is 0.0887. The number of piperidine rings is 1. The van der Waals surface area contributed by atoms with Gasteiger partial charge in [0.15, 0.2) is 11.5 Å². The Bertz CT molecular complexity index is 1110. The highest BCUT2D eigenvalue weighted by atomic mass is 16.5. The summed E-state index contributed by atoms with van der Waals surface area (Å²) in [5.74, 6) is 2.94. The highest BCUT2D eigenvalue weighted by Gasteiger charge is 2.28. The van der Waals surface area contributed by atoms with Gasteiger partial charge in [0.05, 0.1) is 6.04 Å². The Balaban J connectivity index is 1.27. The number of aryl methyl sites for hydroxylation is 3. The normalized spacial score (nSPS) is 18.1. The van der Waals surface area contributed by atoms with Crippen molar-refractivity contribution in [2.45, 2.75) is 58.4 Å². The van der Waals surface area contributed by atoms with Crippen molar-refractivity contribution in [3.8, 4) is 11.3 Å². The molecule has 1 fully saturated rings. The van der Waals surface area contributed by atoms with Gasteiger partial charge >= 0.3 is 0 Å². The lowest BCUT2D eigenvalue weighted by Gasteiger charge is -2.35. The summed E-state index contributed by atoms with van der Waals surface area (Å²) < 4.78 is 11.5. The van der Waals surface area contributed by atoms with Crippen molar-refractivity contribution in [1.29, 1.82) is 0 Å². The summed E-state index contributed by atoms with van der Waals surface area (Å²) in [6.45, 7) is 6.74. The van der Waals surface area contributed by atoms with E-state index in [4.69, 9.17) is 8.94 Å². The molecule has 5 rings (SSSR count). The molecule has 6 heteroatoms. The van der Waals surface area contributed by atoms with Gasteiger partial charge < -0.3 is 14.3 Å². The molecule has 1 aromatic carbocycles. The summed E-state index contributed by atoms with van der Waals surface area (Å²) in [5, 5.41) is 7.12. The van der Waals surface area contributed by atoms with Gasteiger partial charge in [-0.2, -0.15) is 0 Å². The largest absolute Gasteiger partial charge is 0.465 e. The fraction of sp³-hybridized carbons (Fsp3) is 0.481. The fourth-order valence-corrected chi connectivity index (χ4v) is 5.07. The van der Waals surface area contributed by atoms with Crippen molar-refractivity contribution < 1.29 is 13.7 Å². The third-order valence-corrected chi connectivity index (χ3v) is 7.18. The van der Waals surface area contributed by atoms with Crippen LogP contribution in [-0.4, -0.2) is 35.6 Å². The average molecular weight is 448 g/mol. The Labute approximate surface area is 195 Å². The van der Waals surface area contributed by atoms with Crippen LogP contribution in [0.25, 0.3) is 11.3 Å². The van der Waals surface area contributed by atoms with Gasteiger partial charge in [-0.05, 0) is 93.8 Å². The van der Waals surface area contributed by atoms with Crippen LogP contribution in [0.5, 0.6) is 0 Å². The number of fused-ring (bicyclic) bond motifs is 1. The van der Waals surface area contributed by atoms with E-state index >= 15 is 0 Å². The number of carbonyl (C=O) groups is 1. The van der Waals surface area contributed by atoms with E-state index in [1.54, 1.807) is 6.07 Å². The van der Waals surface area contributed by atoms with E-state index in [1.807, 2.05) is 19.1 Å². The van der Waals surface area contributed by atoms with Crippen molar-refractivity contribution in [3.05, 3.63) is 64.7 Å². The second kappa shape index (κ2) is 9.56. The average Bonchev–Trinajstić information content (AvgIpc) is 3.50. The number of likely N-dealkylation sites (tertiary alicyclic amines) is 1. The molecule has 1 aliphatic heterocycles. The van der Waals surface area contributed by atoms with Gasteiger partial charge in [0.1, 0.15) is 11.5 Å². The lowest BCUT2D eigenvalue weighted by Crippen LogP contribution is -2.41. The molecule has 3 heterocycles. The van der Waals surface area contributed by atoms with Crippen LogP contribution >= 0.6 is 0 Å². The lowest BCUT2D eigenvalue weighted by atomic mass is 9.90. The second-order valence-electron chi connectivity index (χ2n) is 9.66. The van der Waals surface area contributed by atoms with Crippen molar-refractivity contribution >= 4 is 5.91 Å². The molecule has 2 aliphatic rings. The molecule has 1 amide bonds. The van der Waals surface area contributed by atoms with Crippen LogP contribution in [-0.2, 0) is 12.8 Å². The summed E-state index contributed by atoms with van der Waals surface area (Å²) in [4.78, 5) is 15.3. The number of benzene rings is 1. The standard InChI is InChI=1S/C27H33N3O3/c1-18-11-13-30(14-12-18)24(25-10-7-19(2)32-25)17-28-27(31)23-16-26(33-29-23)22-9-8-20-5-3-4-6-21(20)15-22/h7-10,15-16,18,24H,3-6,11-14,17H2,1-2H3,(H,28,31)/t24-/m0/s1. The number of furan rings is 1. The molecule has 174 valence electrons. The second-order valence-corrected chi connectivity index (χ2v) is 9.66. The van der Waals surface area contributed by atoms with E-state index in [9.17, 15) is 4.79 Å². The van der Waals surface area contributed by atoms with Crippen LogP contribution in [0.15, 0.2) is 45.3 Å². The summed E-state index contributed by atoms with van der Waals surface area (Å²) in [6.07, 6.45) is 7.06. The zero-order chi connectivity index (χ0) is 22.8. The Morgan fingerprint density at radius 3 is 2.67 bits per heavy atom. The molecule has 33 heavy (non-hydrogen) atoms. The van der Waals surface area contributed by atoms with Crippen LogP contribution < -0.4 is 5.32 Å². The molecule has 0 radical (unpaired) electrons. The number of aromatic nitrogens is 1. The quantitative estimate of drug-likeness (QED) is 0.553. The Hall–Kier alpha value is -2.86. The number of hydrogen-bond acceptors (Lipinski definition) is 5. The Kier molecular flexibility index (Phi) is 6.36. The number of carbonyl (C=O) groups excluding carboxylic acids is 1. The molecule has 1 saturated heterocycles. The van der Waals surface area contributed by atoms with Gasteiger partial charge in [-0.15, -0.1) is 0 Å². The first-order valence-corrected chi connectivity index (χ1v) is 12.2. The van der Waals surface area contributed by atoms with Crippen molar-refractivity contribution in [2.75, 3.05) is 19.6 Å². The smallest absolute Gasteiger partial charge is 0.273 e. The highest BCUT2D eigenvalue weighted by Crippen LogP contribution is 2.29. The van der Waals surface area contributed by atoms with E-state index < -0.39 is 0 Å². The van der Waals surface area contributed by atoms with E-state index in [2.05, 4.69) is 40.5 Å². The number of hydrogen-bond donors (Lipinski definition) is 1.